The van der Waals surface area contributed by atoms with E-state index in [2.05, 4.69) is 9.47 Å². The van der Waals surface area contributed by atoms with Crippen LogP contribution in [0, 0.1) is 0 Å². The van der Waals surface area contributed by atoms with Gasteiger partial charge in [0.1, 0.15) is 5.75 Å². The van der Waals surface area contributed by atoms with Crippen molar-refractivity contribution in [3.05, 3.63) is 34.9 Å². The minimum absolute atomic E-state index is 0. The summed E-state index contributed by atoms with van der Waals surface area (Å²) in [6, 6.07) is 3.21. The summed E-state index contributed by atoms with van der Waals surface area (Å²) in [6.45, 7) is -1.61. The number of ether oxygens (including phenoxy) is 2. The van der Waals surface area contributed by atoms with Crippen molar-refractivity contribution in [2.45, 2.75) is 13.5 Å². The van der Waals surface area contributed by atoms with Crippen molar-refractivity contribution < 1.29 is 51.8 Å². The molecule has 0 amide bonds. The van der Waals surface area contributed by atoms with Crippen molar-refractivity contribution in [2.24, 2.45) is 0 Å². The van der Waals surface area contributed by atoms with Gasteiger partial charge in [0.05, 0.1) is 6.61 Å². The molecule has 0 saturated heterocycles. The van der Waals surface area contributed by atoms with Gasteiger partial charge in [-0.3, -0.25) is 4.79 Å². The fraction of sp³-hybridized carbons (Fsp3) is 0.231. The van der Waals surface area contributed by atoms with Gasteiger partial charge in [0, 0.05) is 5.02 Å². The minimum Gasteiger partial charge on any atom is -0.872 e. The fourth-order valence-electron chi connectivity index (χ4n) is 1.34. The summed E-state index contributed by atoms with van der Waals surface area (Å²) in [6.07, 6.45) is 0.496. The second-order valence-corrected chi connectivity index (χ2v) is 4.08. The monoisotopic (exact) mass is 326 g/mol. The molecule has 1 rings (SSSR count). The Kier molecular flexibility index (Phi) is 8.79. The summed E-state index contributed by atoms with van der Waals surface area (Å²) in [5.41, 5.74) is -0.171. The minimum atomic E-state index is -3.09. The molecule has 0 spiro atoms. The summed E-state index contributed by atoms with van der Waals surface area (Å²) in [5, 5.41) is 11.7. The Morgan fingerprint density at radius 1 is 1.36 bits per heavy atom. The van der Waals surface area contributed by atoms with E-state index in [1.807, 2.05) is 0 Å². The van der Waals surface area contributed by atoms with E-state index >= 15 is 0 Å². The van der Waals surface area contributed by atoms with Crippen LogP contribution < -0.4 is 28.7 Å². The summed E-state index contributed by atoms with van der Waals surface area (Å²) < 4.78 is 32.8. The van der Waals surface area contributed by atoms with Gasteiger partial charge in [0.2, 0.25) is 0 Å². The van der Waals surface area contributed by atoms with Crippen LogP contribution in [0.1, 0.15) is 12.5 Å². The molecule has 0 aromatic heterocycles. The molecule has 0 aliphatic heterocycles. The Hall–Kier alpha value is -1.55. The number of hydrogen-bond donors (Lipinski definition) is 0. The molecule has 9 heteroatoms. The Morgan fingerprint density at radius 3 is 2.55 bits per heavy atom. The first-order valence-corrected chi connectivity index (χ1v) is 6.06. The molecule has 1 aromatic carbocycles. The van der Waals surface area contributed by atoms with Gasteiger partial charge in [-0.25, -0.2) is 4.79 Å². The number of halogens is 3. The molecule has 114 valence electrons. The molecule has 22 heavy (non-hydrogen) atoms. The second kappa shape index (κ2) is 9.46. The summed E-state index contributed by atoms with van der Waals surface area (Å²) >= 11 is 5.66. The van der Waals surface area contributed by atoms with Crippen LogP contribution in [0.25, 0.3) is 5.76 Å². The third-order valence-electron chi connectivity index (χ3n) is 2.12. The molecular weight excluding hydrogens is 317 g/mol. The van der Waals surface area contributed by atoms with E-state index in [1.165, 1.54) is 6.92 Å². The van der Waals surface area contributed by atoms with Crippen molar-refractivity contribution >= 4 is 29.1 Å². The number of benzene rings is 1. The number of ketones is 1. The van der Waals surface area contributed by atoms with Gasteiger partial charge in [0.25, 0.3) is 5.78 Å². The third kappa shape index (κ3) is 6.48. The van der Waals surface area contributed by atoms with Gasteiger partial charge < -0.3 is 14.6 Å². The van der Waals surface area contributed by atoms with E-state index in [0.717, 1.165) is 18.2 Å². The summed E-state index contributed by atoms with van der Waals surface area (Å²) in [7, 11) is 0. The molecule has 0 bridgehead atoms. The first-order chi connectivity index (χ1) is 9.83. The predicted molar refractivity (Wildman–Crippen MR) is 67.7 cm³/mol. The van der Waals surface area contributed by atoms with Crippen LogP contribution in [0.3, 0.4) is 0 Å². The van der Waals surface area contributed by atoms with Crippen LogP contribution in [0.4, 0.5) is 8.78 Å². The maximum Gasteiger partial charge on any atom is 1.00 e. The maximum absolute atomic E-state index is 12.1. The molecule has 1 aromatic rings. The number of carbonyl (C=O) groups excluding carboxylic acids is 2. The predicted octanol–water partition coefficient (Wildman–Crippen LogP) is -1.22. The topological polar surface area (TPSA) is 75.7 Å². The first kappa shape index (κ1) is 20.4. The van der Waals surface area contributed by atoms with Gasteiger partial charge in [0.15, 0.2) is 0 Å². The molecule has 0 unspecified atom stereocenters. The molecule has 0 N–H and O–H groups in total. The molecule has 0 fully saturated rings. The van der Waals surface area contributed by atoms with Crippen LogP contribution >= 0.6 is 11.6 Å². The molecule has 0 aliphatic carbocycles. The average Bonchev–Trinajstić information content (AvgIpc) is 2.37. The van der Waals surface area contributed by atoms with Gasteiger partial charge in [-0.1, -0.05) is 17.4 Å². The SMILES string of the molecule is CCOC(=O)C(=O)/C=C(\[O-])c1cc(Cl)cc(OC(F)F)c1.[Li+]. The second-order valence-electron chi connectivity index (χ2n) is 3.65. The van der Waals surface area contributed by atoms with E-state index in [4.69, 9.17) is 11.6 Å². The zero-order valence-corrected chi connectivity index (χ0v) is 12.5. The van der Waals surface area contributed by atoms with Crippen molar-refractivity contribution in [1.82, 2.24) is 0 Å². The molecule has 0 heterocycles. The number of esters is 1. The van der Waals surface area contributed by atoms with E-state index < -0.39 is 24.1 Å². The summed E-state index contributed by atoms with van der Waals surface area (Å²) in [4.78, 5) is 22.4. The van der Waals surface area contributed by atoms with Crippen molar-refractivity contribution in [3.63, 3.8) is 0 Å². The van der Waals surface area contributed by atoms with Crippen LogP contribution in [0.5, 0.6) is 5.75 Å². The zero-order chi connectivity index (χ0) is 16.0. The van der Waals surface area contributed by atoms with Gasteiger partial charge in [-0.05, 0) is 36.8 Å². The van der Waals surface area contributed by atoms with Crippen LogP contribution in [0.15, 0.2) is 24.3 Å². The number of rotatable bonds is 6. The summed E-state index contributed by atoms with van der Waals surface area (Å²) in [5.74, 6) is -3.55. The molecule has 0 atom stereocenters. The molecule has 0 saturated carbocycles. The van der Waals surface area contributed by atoms with Crippen molar-refractivity contribution in [1.29, 1.82) is 0 Å². The maximum atomic E-state index is 12.1. The van der Waals surface area contributed by atoms with Gasteiger partial charge >= 0.3 is 31.4 Å². The van der Waals surface area contributed by atoms with E-state index in [0.29, 0.717) is 6.08 Å². The molecular formula is C13H10ClF2LiO5. The zero-order valence-electron chi connectivity index (χ0n) is 11.8. The van der Waals surface area contributed by atoms with Crippen LogP contribution in [-0.2, 0) is 14.3 Å². The normalized spacial score (nSPS) is 10.9. The van der Waals surface area contributed by atoms with Crippen molar-refractivity contribution in [2.75, 3.05) is 6.61 Å². The standard InChI is InChI=1S/C13H11ClF2O5.Li/c1-2-20-12(19)11(18)6-10(17)7-3-8(14)5-9(4-7)21-13(15)16;/h3-6,13,17H,2H2,1H3;/q;+1/p-1/b10-6-;. The van der Waals surface area contributed by atoms with E-state index in [9.17, 15) is 23.5 Å². The van der Waals surface area contributed by atoms with Crippen molar-refractivity contribution in [3.8, 4) is 5.75 Å². The van der Waals surface area contributed by atoms with E-state index in [-0.39, 0.29) is 41.8 Å². The Morgan fingerprint density at radius 2 is 2.00 bits per heavy atom. The average molecular weight is 327 g/mol. The Labute approximate surface area is 142 Å². The van der Waals surface area contributed by atoms with Gasteiger partial charge in [-0.15, -0.1) is 0 Å². The van der Waals surface area contributed by atoms with Gasteiger partial charge in [-0.2, -0.15) is 8.78 Å². The smallest absolute Gasteiger partial charge is 0.872 e. The van der Waals surface area contributed by atoms with Crippen LogP contribution in [0.2, 0.25) is 5.02 Å². The first-order valence-electron chi connectivity index (χ1n) is 5.69. The molecule has 0 aliphatic rings. The van der Waals surface area contributed by atoms with Crippen LogP contribution in [-0.4, -0.2) is 25.0 Å². The number of alkyl halides is 2. The number of carbonyl (C=O) groups is 2. The third-order valence-corrected chi connectivity index (χ3v) is 2.34. The quantitative estimate of drug-likeness (QED) is 0.215. The number of hydrogen-bond acceptors (Lipinski definition) is 5. The molecule has 5 nitrogen and oxygen atoms in total. The largest absolute Gasteiger partial charge is 1.00 e. The Bertz CT molecular complexity index is 578. The molecule has 0 radical (unpaired) electrons. The van der Waals surface area contributed by atoms with E-state index in [1.54, 1.807) is 0 Å². The fourth-order valence-corrected chi connectivity index (χ4v) is 1.56. The Balaban J connectivity index is 0.00000441.